The van der Waals surface area contributed by atoms with E-state index in [4.69, 9.17) is 0 Å². The van der Waals surface area contributed by atoms with Crippen molar-refractivity contribution in [1.82, 2.24) is 5.32 Å². The Kier molecular flexibility index (Phi) is 4.76. The molecule has 3 heteroatoms. The number of benzene rings is 1. The van der Waals surface area contributed by atoms with Gasteiger partial charge in [-0.05, 0) is 31.4 Å². The Morgan fingerprint density at radius 2 is 1.94 bits per heavy atom. The quantitative estimate of drug-likeness (QED) is 0.857. The summed E-state index contributed by atoms with van der Waals surface area (Å²) in [5.41, 5.74) is 2.01. The summed E-state index contributed by atoms with van der Waals surface area (Å²) >= 11 is 0. The standard InChI is InChI=1S/C15H22N2O/c1-12-7-5-6-10-14(12)17-15(18)11-16-13-8-3-2-4-9-13/h5-7,10,13,16H,2-4,8-9,11H2,1H3,(H,17,18). The first-order valence-corrected chi connectivity index (χ1v) is 6.84. The number of para-hydroxylation sites is 1. The molecule has 18 heavy (non-hydrogen) atoms. The van der Waals surface area contributed by atoms with Gasteiger partial charge in [-0.25, -0.2) is 0 Å². The number of aryl methyl sites for hydroxylation is 1. The van der Waals surface area contributed by atoms with E-state index in [2.05, 4.69) is 10.6 Å². The topological polar surface area (TPSA) is 41.1 Å². The van der Waals surface area contributed by atoms with Gasteiger partial charge in [-0.2, -0.15) is 0 Å². The predicted octanol–water partition coefficient (Wildman–Crippen LogP) is 2.86. The maximum absolute atomic E-state index is 11.8. The largest absolute Gasteiger partial charge is 0.325 e. The van der Waals surface area contributed by atoms with Gasteiger partial charge in [0.25, 0.3) is 0 Å². The van der Waals surface area contributed by atoms with E-state index in [9.17, 15) is 4.79 Å². The number of carbonyl (C=O) groups excluding carboxylic acids is 1. The van der Waals surface area contributed by atoms with Crippen LogP contribution in [-0.4, -0.2) is 18.5 Å². The number of hydrogen-bond acceptors (Lipinski definition) is 2. The first-order chi connectivity index (χ1) is 8.75. The highest BCUT2D eigenvalue weighted by Crippen LogP contribution is 2.17. The van der Waals surface area contributed by atoms with Crippen LogP contribution in [0.15, 0.2) is 24.3 Å². The van der Waals surface area contributed by atoms with Crippen LogP contribution in [0.4, 0.5) is 5.69 Å². The Bertz CT molecular complexity index is 397. The summed E-state index contributed by atoms with van der Waals surface area (Å²) in [6.07, 6.45) is 6.33. The SMILES string of the molecule is Cc1ccccc1NC(=O)CNC1CCCCC1. The fraction of sp³-hybridized carbons (Fsp3) is 0.533. The molecule has 0 aliphatic heterocycles. The molecule has 1 aliphatic carbocycles. The number of nitrogens with one attached hydrogen (secondary N) is 2. The molecule has 1 aromatic carbocycles. The molecule has 1 saturated carbocycles. The van der Waals surface area contributed by atoms with Crippen LogP contribution in [0.25, 0.3) is 0 Å². The number of anilines is 1. The summed E-state index contributed by atoms with van der Waals surface area (Å²) in [5, 5.41) is 6.30. The van der Waals surface area contributed by atoms with E-state index >= 15 is 0 Å². The molecule has 1 fully saturated rings. The number of hydrogen-bond donors (Lipinski definition) is 2. The zero-order valence-electron chi connectivity index (χ0n) is 11.0. The minimum Gasteiger partial charge on any atom is -0.325 e. The van der Waals surface area contributed by atoms with Crippen molar-refractivity contribution in [2.45, 2.75) is 45.1 Å². The normalized spacial score (nSPS) is 16.5. The Labute approximate surface area is 109 Å². The lowest BCUT2D eigenvalue weighted by molar-refractivity contribution is -0.115. The summed E-state index contributed by atoms with van der Waals surface area (Å²) in [5.74, 6) is 0.0508. The fourth-order valence-electron chi connectivity index (χ4n) is 2.45. The van der Waals surface area contributed by atoms with Crippen LogP contribution >= 0.6 is 0 Å². The third kappa shape index (κ3) is 3.84. The number of amides is 1. The van der Waals surface area contributed by atoms with Crippen molar-refractivity contribution < 1.29 is 4.79 Å². The van der Waals surface area contributed by atoms with Gasteiger partial charge in [0.05, 0.1) is 6.54 Å². The van der Waals surface area contributed by atoms with Crippen molar-refractivity contribution in [2.75, 3.05) is 11.9 Å². The van der Waals surface area contributed by atoms with Crippen LogP contribution < -0.4 is 10.6 Å². The lowest BCUT2D eigenvalue weighted by atomic mass is 9.95. The average molecular weight is 246 g/mol. The van der Waals surface area contributed by atoms with E-state index in [0.29, 0.717) is 12.6 Å². The van der Waals surface area contributed by atoms with Gasteiger partial charge in [0, 0.05) is 11.7 Å². The van der Waals surface area contributed by atoms with Gasteiger partial charge in [0.15, 0.2) is 0 Å². The van der Waals surface area contributed by atoms with Crippen LogP contribution in [-0.2, 0) is 4.79 Å². The highest BCUT2D eigenvalue weighted by atomic mass is 16.1. The second kappa shape index (κ2) is 6.55. The first kappa shape index (κ1) is 13.1. The van der Waals surface area contributed by atoms with Gasteiger partial charge in [0.2, 0.25) is 5.91 Å². The van der Waals surface area contributed by atoms with Crippen molar-refractivity contribution in [1.29, 1.82) is 0 Å². The van der Waals surface area contributed by atoms with Crippen LogP contribution in [0.5, 0.6) is 0 Å². The fourth-order valence-corrected chi connectivity index (χ4v) is 2.45. The van der Waals surface area contributed by atoms with Crippen LogP contribution in [0.2, 0.25) is 0 Å². The highest BCUT2D eigenvalue weighted by Gasteiger charge is 2.13. The van der Waals surface area contributed by atoms with E-state index in [1.165, 1.54) is 32.1 Å². The van der Waals surface area contributed by atoms with Gasteiger partial charge in [-0.3, -0.25) is 4.79 Å². The molecule has 0 atom stereocenters. The van der Waals surface area contributed by atoms with Crippen LogP contribution in [0, 0.1) is 6.92 Å². The Balaban J connectivity index is 1.76. The van der Waals surface area contributed by atoms with Crippen molar-refractivity contribution >= 4 is 11.6 Å². The van der Waals surface area contributed by atoms with Gasteiger partial charge in [-0.15, -0.1) is 0 Å². The minimum atomic E-state index is 0.0508. The maximum atomic E-state index is 11.8. The molecular formula is C15H22N2O. The molecule has 2 N–H and O–H groups in total. The second-order valence-electron chi connectivity index (χ2n) is 5.08. The molecule has 0 saturated heterocycles. The van der Waals surface area contributed by atoms with E-state index in [0.717, 1.165) is 11.3 Å². The van der Waals surface area contributed by atoms with Crippen molar-refractivity contribution in [3.8, 4) is 0 Å². The zero-order valence-corrected chi connectivity index (χ0v) is 11.0. The molecule has 2 rings (SSSR count). The minimum absolute atomic E-state index is 0.0508. The molecule has 1 aromatic rings. The molecule has 3 nitrogen and oxygen atoms in total. The first-order valence-electron chi connectivity index (χ1n) is 6.84. The lowest BCUT2D eigenvalue weighted by Crippen LogP contribution is -2.37. The van der Waals surface area contributed by atoms with Gasteiger partial charge >= 0.3 is 0 Å². The molecule has 0 bridgehead atoms. The molecule has 1 amide bonds. The Hall–Kier alpha value is -1.35. The van der Waals surface area contributed by atoms with Crippen molar-refractivity contribution in [2.24, 2.45) is 0 Å². The summed E-state index contributed by atoms with van der Waals surface area (Å²) in [7, 11) is 0. The molecule has 1 aliphatic rings. The Morgan fingerprint density at radius 1 is 1.22 bits per heavy atom. The van der Waals surface area contributed by atoms with Gasteiger partial charge < -0.3 is 10.6 Å². The monoisotopic (exact) mass is 246 g/mol. The van der Waals surface area contributed by atoms with E-state index in [-0.39, 0.29) is 5.91 Å². The molecule has 0 radical (unpaired) electrons. The third-order valence-electron chi connectivity index (χ3n) is 3.58. The Morgan fingerprint density at radius 3 is 2.67 bits per heavy atom. The number of rotatable bonds is 4. The summed E-state index contributed by atoms with van der Waals surface area (Å²) in [4.78, 5) is 11.8. The van der Waals surface area contributed by atoms with Gasteiger partial charge in [0.1, 0.15) is 0 Å². The molecule has 0 unspecified atom stereocenters. The highest BCUT2D eigenvalue weighted by molar-refractivity contribution is 5.92. The predicted molar refractivity (Wildman–Crippen MR) is 74.7 cm³/mol. The number of carbonyl (C=O) groups is 1. The van der Waals surface area contributed by atoms with Crippen molar-refractivity contribution in [3.63, 3.8) is 0 Å². The summed E-state index contributed by atoms with van der Waals surface area (Å²) in [6.45, 7) is 2.42. The maximum Gasteiger partial charge on any atom is 0.238 e. The molecule has 98 valence electrons. The van der Waals surface area contributed by atoms with Gasteiger partial charge in [-0.1, -0.05) is 37.5 Å². The summed E-state index contributed by atoms with van der Waals surface area (Å²) < 4.78 is 0. The zero-order chi connectivity index (χ0) is 12.8. The lowest BCUT2D eigenvalue weighted by Gasteiger charge is -2.22. The van der Waals surface area contributed by atoms with Crippen molar-refractivity contribution in [3.05, 3.63) is 29.8 Å². The smallest absolute Gasteiger partial charge is 0.238 e. The van der Waals surface area contributed by atoms with Crippen LogP contribution in [0.3, 0.4) is 0 Å². The molecule has 0 aromatic heterocycles. The molecule has 0 heterocycles. The molecular weight excluding hydrogens is 224 g/mol. The van der Waals surface area contributed by atoms with E-state index in [1.54, 1.807) is 0 Å². The average Bonchev–Trinajstić information content (AvgIpc) is 2.40. The van der Waals surface area contributed by atoms with Crippen LogP contribution in [0.1, 0.15) is 37.7 Å². The van der Waals surface area contributed by atoms with E-state index < -0.39 is 0 Å². The van der Waals surface area contributed by atoms with E-state index in [1.807, 2.05) is 31.2 Å². The third-order valence-corrected chi connectivity index (χ3v) is 3.58. The molecule has 0 spiro atoms. The second-order valence-corrected chi connectivity index (χ2v) is 5.08. The summed E-state index contributed by atoms with van der Waals surface area (Å²) in [6, 6.07) is 8.39.